The van der Waals surface area contributed by atoms with Crippen molar-refractivity contribution in [3.05, 3.63) is 23.0 Å². The fraction of sp³-hybridized carbons (Fsp3) is 0.583. The molecule has 0 amide bonds. The minimum Gasteiger partial charge on any atom is -0.316 e. The van der Waals surface area contributed by atoms with Gasteiger partial charge in [0.05, 0.1) is 5.69 Å². The van der Waals surface area contributed by atoms with Gasteiger partial charge in [0, 0.05) is 17.3 Å². The van der Waals surface area contributed by atoms with Crippen LogP contribution in [0.3, 0.4) is 0 Å². The maximum Gasteiger partial charge on any atom is 0.194 e. The Kier molecular flexibility index (Phi) is 2.69. The summed E-state index contributed by atoms with van der Waals surface area (Å²) in [4.78, 5) is 5.74. The summed E-state index contributed by atoms with van der Waals surface area (Å²) in [5, 5.41) is 5.60. The van der Waals surface area contributed by atoms with Crippen LogP contribution in [0.2, 0.25) is 0 Å². The topological polar surface area (TPSA) is 29.3 Å². The first-order valence-corrected chi connectivity index (χ1v) is 6.84. The first kappa shape index (κ1) is 10.3. The molecule has 2 aromatic heterocycles. The van der Waals surface area contributed by atoms with Crippen LogP contribution >= 0.6 is 11.3 Å². The molecule has 0 spiro atoms. The predicted octanol–water partition coefficient (Wildman–Crippen LogP) is 2.25. The van der Waals surface area contributed by atoms with Crippen molar-refractivity contribution in [2.75, 3.05) is 13.1 Å². The normalized spacial score (nSPS) is 21.7. The predicted molar refractivity (Wildman–Crippen MR) is 67.1 cm³/mol. The maximum atomic E-state index is 4.60. The number of thiazole rings is 1. The molecule has 0 radical (unpaired) electrons. The molecule has 3 rings (SSSR count). The SMILES string of the molecule is Cc1nc2sccn2c1CC1CCCNC1. The minimum absolute atomic E-state index is 0.784. The lowest BCUT2D eigenvalue weighted by molar-refractivity contribution is 0.372. The molecule has 0 saturated carbocycles. The highest BCUT2D eigenvalue weighted by Crippen LogP contribution is 2.22. The highest BCUT2D eigenvalue weighted by molar-refractivity contribution is 7.15. The van der Waals surface area contributed by atoms with Crippen LogP contribution in [0.15, 0.2) is 11.6 Å². The first-order chi connectivity index (χ1) is 7.84. The average molecular weight is 235 g/mol. The van der Waals surface area contributed by atoms with Crippen molar-refractivity contribution >= 4 is 16.3 Å². The Morgan fingerprint density at radius 2 is 2.56 bits per heavy atom. The largest absolute Gasteiger partial charge is 0.316 e. The number of fused-ring (bicyclic) bond motifs is 1. The van der Waals surface area contributed by atoms with E-state index in [0.29, 0.717) is 0 Å². The van der Waals surface area contributed by atoms with Crippen molar-refractivity contribution in [3.63, 3.8) is 0 Å². The van der Waals surface area contributed by atoms with Crippen LogP contribution in [0.5, 0.6) is 0 Å². The van der Waals surface area contributed by atoms with Gasteiger partial charge < -0.3 is 5.32 Å². The molecule has 1 unspecified atom stereocenters. The van der Waals surface area contributed by atoms with E-state index in [9.17, 15) is 0 Å². The molecule has 1 aliphatic rings. The van der Waals surface area contributed by atoms with Gasteiger partial charge in [0.2, 0.25) is 0 Å². The van der Waals surface area contributed by atoms with Gasteiger partial charge in [0.25, 0.3) is 0 Å². The van der Waals surface area contributed by atoms with Crippen molar-refractivity contribution in [2.24, 2.45) is 5.92 Å². The van der Waals surface area contributed by atoms with Gasteiger partial charge in [-0.1, -0.05) is 0 Å². The zero-order chi connectivity index (χ0) is 11.0. The summed E-state index contributed by atoms with van der Waals surface area (Å²) in [7, 11) is 0. The Balaban J connectivity index is 1.86. The second-order valence-corrected chi connectivity index (χ2v) is 5.49. The first-order valence-electron chi connectivity index (χ1n) is 5.96. The Morgan fingerprint density at radius 3 is 3.38 bits per heavy atom. The molecule has 2 aromatic rings. The van der Waals surface area contributed by atoms with Crippen molar-refractivity contribution < 1.29 is 0 Å². The zero-order valence-corrected chi connectivity index (χ0v) is 10.4. The van der Waals surface area contributed by atoms with E-state index in [2.05, 4.69) is 33.2 Å². The van der Waals surface area contributed by atoms with Gasteiger partial charge in [-0.3, -0.25) is 4.40 Å². The van der Waals surface area contributed by atoms with Crippen LogP contribution in [0.25, 0.3) is 4.96 Å². The lowest BCUT2D eigenvalue weighted by atomic mass is 9.94. The summed E-state index contributed by atoms with van der Waals surface area (Å²) >= 11 is 1.72. The van der Waals surface area contributed by atoms with E-state index in [4.69, 9.17) is 0 Å². The van der Waals surface area contributed by atoms with Crippen molar-refractivity contribution in [1.82, 2.24) is 14.7 Å². The molecule has 3 heterocycles. The van der Waals surface area contributed by atoms with E-state index >= 15 is 0 Å². The fourth-order valence-corrected chi connectivity index (χ4v) is 3.34. The number of rotatable bonds is 2. The Hall–Kier alpha value is -0.870. The molecular formula is C12H17N3S. The van der Waals surface area contributed by atoms with Crippen LogP contribution in [0.4, 0.5) is 0 Å². The molecule has 0 aromatic carbocycles. The summed E-state index contributed by atoms with van der Waals surface area (Å²) in [6.45, 7) is 4.48. The molecule has 0 bridgehead atoms. The van der Waals surface area contributed by atoms with E-state index in [0.717, 1.165) is 23.8 Å². The summed E-state index contributed by atoms with van der Waals surface area (Å²) in [6, 6.07) is 0. The average Bonchev–Trinajstić information content (AvgIpc) is 2.84. The van der Waals surface area contributed by atoms with Gasteiger partial charge in [-0.05, 0) is 45.2 Å². The van der Waals surface area contributed by atoms with E-state index in [1.54, 1.807) is 11.3 Å². The number of hydrogen-bond donors (Lipinski definition) is 1. The molecule has 86 valence electrons. The quantitative estimate of drug-likeness (QED) is 0.865. The summed E-state index contributed by atoms with van der Waals surface area (Å²) < 4.78 is 2.26. The number of nitrogens with one attached hydrogen (secondary N) is 1. The fourth-order valence-electron chi connectivity index (χ4n) is 2.56. The van der Waals surface area contributed by atoms with Crippen LogP contribution < -0.4 is 5.32 Å². The van der Waals surface area contributed by atoms with E-state index in [-0.39, 0.29) is 0 Å². The minimum atomic E-state index is 0.784. The molecule has 3 nitrogen and oxygen atoms in total. The zero-order valence-electron chi connectivity index (χ0n) is 9.57. The maximum absolute atomic E-state index is 4.60. The number of aryl methyl sites for hydroxylation is 1. The number of nitrogens with zero attached hydrogens (tertiary/aromatic N) is 2. The van der Waals surface area contributed by atoms with Gasteiger partial charge in [0.1, 0.15) is 0 Å². The number of imidazole rings is 1. The van der Waals surface area contributed by atoms with Crippen LogP contribution in [0.1, 0.15) is 24.2 Å². The number of hydrogen-bond acceptors (Lipinski definition) is 3. The third-order valence-electron chi connectivity index (χ3n) is 3.44. The van der Waals surface area contributed by atoms with Crippen LogP contribution in [-0.2, 0) is 6.42 Å². The molecule has 1 saturated heterocycles. The monoisotopic (exact) mass is 235 g/mol. The molecule has 1 atom stereocenters. The molecular weight excluding hydrogens is 218 g/mol. The Bertz CT molecular complexity index is 479. The van der Waals surface area contributed by atoms with Gasteiger partial charge in [-0.2, -0.15) is 0 Å². The van der Waals surface area contributed by atoms with Crippen molar-refractivity contribution in [3.8, 4) is 0 Å². The van der Waals surface area contributed by atoms with Gasteiger partial charge >= 0.3 is 0 Å². The summed E-state index contributed by atoms with van der Waals surface area (Å²) in [6.07, 6.45) is 5.97. The number of aromatic nitrogens is 2. The smallest absolute Gasteiger partial charge is 0.194 e. The van der Waals surface area contributed by atoms with E-state index in [1.165, 1.54) is 30.8 Å². The molecule has 1 aliphatic heterocycles. The third-order valence-corrected chi connectivity index (χ3v) is 4.20. The summed E-state index contributed by atoms with van der Waals surface area (Å²) in [5.74, 6) is 0.784. The number of piperidine rings is 1. The van der Waals surface area contributed by atoms with Crippen molar-refractivity contribution in [1.29, 1.82) is 0 Å². The highest BCUT2D eigenvalue weighted by Gasteiger charge is 2.17. The highest BCUT2D eigenvalue weighted by atomic mass is 32.1. The molecule has 4 heteroatoms. The van der Waals surface area contributed by atoms with E-state index in [1.807, 2.05) is 0 Å². The summed E-state index contributed by atoms with van der Waals surface area (Å²) in [5.41, 5.74) is 2.61. The molecule has 1 N–H and O–H groups in total. The van der Waals surface area contributed by atoms with E-state index < -0.39 is 0 Å². The third kappa shape index (κ3) is 1.76. The molecule has 0 aliphatic carbocycles. The Labute approximate surface area is 99.5 Å². The van der Waals surface area contributed by atoms with Crippen LogP contribution in [-0.4, -0.2) is 22.5 Å². The second-order valence-electron chi connectivity index (χ2n) is 4.62. The van der Waals surface area contributed by atoms with Gasteiger partial charge in [0.15, 0.2) is 4.96 Å². The second kappa shape index (κ2) is 4.18. The molecule has 16 heavy (non-hydrogen) atoms. The lowest BCUT2D eigenvalue weighted by Gasteiger charge is -2.22. The lowest BCUT2D eigenvalue weighted by Crippen LogP contribution is -2.31. The van der Waals surface area contributed by atoms with Gasteiger partial charge in [-0.25, -0.2) is 4.98 Å². The van der Waals surface area contributed by atoms with Gasteiger partial charge in [-0.15, -0.1) is 11.3 Å². The standard InChI is InChI=1S/C12H17N3S/c1-9-11(7-10-3-2-4-13-8-10)15-5-6-16-12(15)14-9/h5-6,10,13H,2-4,7-8H2,1H3. The molecule has 1 fully saturated rings. The van der Waals surface area contributed by atoms with Crippen LogP contribution in [0, 0.1) is 12.8 Å². The van der Waals surface area contributed by atoms with Crippen molar-refractivity contribution in [2.45, 2.75) is 26.2 Å². The Morgan fingerprint density at radius 1 is 1.62 bits per heavy atom.